The Morgan fingerprint density at radius 1 is 1.57 bits per heavy atom. The first-order chi connectivity index (χ1) is 2.94. The minimum atomic E-state index is -1.54. The molecule has 0 aliphatic rings. The molecule has 0 bridgehead atoms. The lowest BCUT2D eigenvalue weighted by Gasteiger charge is -2.15. The number of rotatable bonds is 1. The van der Waals surface area contributed by atoms with Crippen LogP contribution in [0.15, 0.2) is 0 Å². The normalized spacial score (nSPS) is 16.7. The van der Waals surface area contributed by atoms with Crippen LogP contribution in [0, 0.1) is 0 Å². The second kappa shape index (κ2) is 2.79. The van der Waals surface area contributed by atoms with Gasteiger partial charge in [-0.3, -0.25) is 0 Å². The van der Waals surface area contributed by atoms with Crippen molar-refractivity contribution < 1.29 is 10.2 Å². The van der Waals surface area contributed by atoms with Crippen LogP contribution in [0.5, 0.6) is 0 Å². The quantitative estimate of drug-likeness (QED) is 0.426. The summed E-state index contributed by atoms with van der Waals surface area (Å²) in [5, 5.41) is 17.3. The summed E-state index contributed by atoms with van der Waals surface area (Å²) in [4.78, 5) is 0. The topological polar surface area (TPSA) is 40.5 Å². The zero-order chi connectivity index (χ0) is 6.08. The highest BCUT2D eigenvalue weighted by atomic mass is 127. The number of aliphatic hydroxyl groups is 2. The summed E-state index contributed by atoms with van der Waals surface area (Å²) in [7, 11) is 0. The van der Waals surface area contributed by atoms with Crippen LogP contribution in [0.25, 0.3) is 0 Å². The van der Waals surface area contributed by atoms with Crippen LogP contribution < -0.4 is 0 Å². The molecule has 2 N–H and O–H groups in total. The average molecular weight is 328 g/mol. The van der Waals surface area contributed by atoms with E-state index in [9.17, 15) is 0 Å². The van der Waals surface area contributed by atoms with Gasteiger partial charge in [0.15, 0.2) is 0 Å². The van der Waals surface area contributed by atoms with Gasteiger partial charge in [-0.2, -0.15) is 0 Å². The van der Waals surface area contributed by atoms with E-state index in [2.05, 4.69) is 0 Å². The van der Waals surface area contributed by atoms with Crippen molar-refractivity contribution >= 4 is 45.2 Å². The van der Waals surface area contributed by atoms with Crippen molar-refractivity contribution in [1.29, 1.82) is 0 Å². The van der Waals surface area contributed by atoms with E-state index < -0.39 is 3.79 Å². The van der Waals surface area contributed by atoms with Gasteiger partial charge >= 0.3 is 0 Å². The Morgan fingerprint density at radius 3 is 1.71 bits per heavy atom. The minimum absolute atomic E-state index is 0.134. The van der Waals surface area contributed by atoms with Crippen molar-refractivity contribution in [2.75, 3.05) is 0 Å². The predicted molar refractivity (Wildman–Crippen MR) is 44.7 cm³/mol. The molecule has 0 aromatic heterocycles. The lowest BCUT2D eigenvalue weighted by Crippen LogP contribution is -2.27. The van der Waals surface area contributed by atoms with Gasteiger partial charge in [0.05, 0.1) is 3.92 Å². The molecule has 0 saturated heterocycles. The third-order valence-electron chi connectivity index (χ3n) is 0.506. The molecule has 0 radical (unpaired) electrons. The average Bonchev–Trinajstić information content (AvgIpc) is 1.31. The van der Waals surface area contributed by atoms with Gasteiger partial charge in [-0.15, -0.1) is 0 Å². The largest absolute Gasteiger partial charge is 0.357 e. The molecule has 0 aliphatic heterocycles. The molecule has 0 fully saturated rings. The van der Waals surface area contributed by atoms with Crippen LogP contribution in [-0.4, -0.2) is 17.9 Å². The van der Waals surface area contributed by atoms with E-state index in [4.69, 9.17) is 10.2 Å². The van der Waals surface area contributed by atoms with E-state index >= 15 is 0 Å². The van der Waals surface area contributed by atoms with E-state index in [1.807, 2.05) is 22.6 Å². The molecular formula is C3H6I2O2. The molecule has 0 rings (SSSR count). The monoisotopic (exact) mass is 328 g/mol. The molecule has 0 aromatic carbocycles. The highest BCUT2D eigenvalue weighted by Gasteiger charge is 2.23. The van der Waals surface area contributed by atoms with Crippen LogP contribution >= 0.6 is 45.2 Å². The van der Waals surface area contributed by atoms with Crippen LogP contribution in [-0.2, 0) is 0 Å². The van der Waals surface area contributed by atoms with Crippen LogP contribution in [0.2, 0.25) is 0 Å². The fourth-order valence-electron chi connectivity index (χ4n) is 0. The third-order valence-corrected chi connectivity index (χ3v) is 3.50. The molecule has 1 unspecified atom stereocenters. The molecule has 0 saturated carbocycles. The SMILES string of the molecule is CC(I)C(O)(O)I. The standard InChI is InChI=1S/C3H6I2O2/c1-2(4)3(5,6)7/h2,6-7H,1H3. The number of alkyl halides is 2. The predicted octanol–water partition coefficient (Wildman–Crippen LogP) is 0.883. The van der Waals surface area contributed by atoms with Gasteiger partial charge < -0.3 is 10.2 Å². The van der Waals surface area contributed by atoms with Crippen molar-refractivity contribution in [1.82, 2.24) is 0 Å². The fourth-order valence-corrected chi connectivity index (χ4v) is 0. The first-order valence-corrected chi connectivity index (χ1v) is 4.04. The van der Waals surface area contributed by atoms with Crippen molar-refractivity contribution in [2.24, 2.45) is 0 Å². The van der Waals surface area contributed by atoms with E-state index in [-0.39, 0.29) is 3.92 Å². The molecule has 0 spiro atoms. The van der Waals surface area contributed by atoms with Crippen LogP contribution in [0.1, 0.15) is 6.92 Å². The lowest BCUT2D eigenvalue weighted by atomic mass is 10.5. The zero-order valence-electron chi connectivity index (χ0n) is 3.73. The maximum Gasteiger partial charge on any atom is 0.228 e. The summed E-state index contributed by atoms with van der Waals surface area (Å²) in [5.41, 5.74) is 0. The molecule has 0 amide bonds. The van der Waals surface area contributed by atoms with Crippen LogP contribution in [0.3, 0.4) is 0 Å². The maximum atomic E-state index is 8.63. The van der Waals surface area contributed by atoms with Gasteiger partial charge in [-0.05, 0) is 29.5 Å². The number of halogens is 2. The molecular weight excluding hydrogens is 322 g/mol. The smallest absolute Gasteiger partial charge is 0.228 e. The second-order valence-electron chi connectivity index (χ2n) is 1.25. The second-order valence-corrected chi connectivity index (χ2v) is 4.71. The Balaban J connectivity index is 3.54. The number of hydrogen-bond donors (Lipinski definition) is 2. The first kappa shape index (κ1) is 8.38. The Bertz CT molecular complexity index is 56.4. The Kier molecular flexibility index (Phi) is 3.34. The zero-order valence-corrected chi connectivity index (χ0v) is 8.04. The molecule has 7 heavy (non-hydrogen) atoms. The third kappa shape index (κ3) is 3.92. The van der Waals surface area contributed by atoms with E-state index in [1.165, 1.54) is 0 Å². The fraction of sp³-hybridized carbons (Fsp3) is 1.00. The Morgan fingerprint density at radius 2 is 1.71 bits per heavy atom. The van der Waals surface area contributed by atoms with E-state index in [0.717, 1.165) is 0 Å². The molecule has 0 aromatic rings. The van der Waals surface area contributed by atoms with Crippen LogP contribution in [0.4, 0.5) is 0 Å². The van der Waals surface area contributed by atoms with E-state index in [0.29, 0.717) is 0 Å². The Labute approximate surface area is 69.6 Å². The van der Waals surface area contributed by atoms with Crippen molar-refractivity contribution in [3.63, 3.8) is 0 Å². The molecule has 0 heterocycles. The molecule has 44 valence electrons. The summed E-state index contributed by atoms with van der Waals surface area (Å²) < 4.78 is -1.68. The lowest BCUT2D eigenvalue weighted by molar-refractivity contribution is -0.0515. The van der Waals surface area contributed by atoms with Gasteiger partial charge in [0, 0.05) is 0 Å². The maximum absolute atomic E-state index is 8.63. The van der Waals surface area contributed by atoms with Crippen molar-refractivity contribution in [2.45, 2.75) is 14.6 Å². The summed E-state index contributed by atoms with van der Waals surface area (Å²) in [6.07, 6.45) is 0. The minimum Gasteiger partial charge on any atom is -0.357 e. The van der Waals surface area contributed by atoms with Gasteiger partial charge in [-0.25, -0.2) is 0 Å². The number of hydrogen-bond acceptors (Lipinski definition) is 2. The van der Waals surface area contributed by atoms with Gasteiger partial charge in [0.2, 0.25) is 3.79 Å². The summed E-state index contributed by atoms with van der Waals surface area (Å²) in [6, 6.07) is 0. The van der Waals surface area contributed by atoms with Gasteiger partial charge in [0.1, 0.15) is 0 Å². The van der Waals surface area contributed by atoms with Crippen molar-refractivity contribution in [3.8, 4) is 0 Å². The summed E-state index contributed by atoms with van der Waals surface area (Å²) in [6.45, 7) is 1.73. The summed E-state index contributed by atoms with van der Waals surface area (Å²) >= 11 is 3.51. The summed E-state index contributed by atoms with van der Waals surface area (Å²) in [5.74, 6) is 0. The van der Waals surface area contributed by atoms with Gasteiger partial charge in [0.25, 0.3) is 0 Å². The highest BCUT2D eigenvalue weighted by Crippen LogP contribution is 2.21. The Hall–Kier alpha value is 1.38. The molecule has 0 aliphatic carbocycles. The first-order valence-electron chi connectivity index (χ1n) is 1.72. The molecule has 1 atom stereocenters. The van der Waals surface area contributed by atoms with E-state index in [1.54, 1.807) is 29.5 Å². The van der Waals surface area contributed by atoms with Gasteiger partial charge in [-0.1, -0.05) is 22.6 Å². The van der Waals surface area contributed by atoms with Crippen molar-refractivity contribution in [3.05, 3.63) is 0 Å². The highest BCUT2D eigenvalue weighted by molar-refractivity contribution is 14.1. The molecule has 4 heteroatoms. The molecule has 2 nitrogen and oxygen atoms in total.